The molecule has 2 rings (SSSR count). The van der Waals surface area contributed by atoms with Gasteiger partial charge in [-0.2, -0.15) is 5.10 Å². The lowest BCUT2D eigenvalue weighted by Crippen LogP contribution is -2.17. The van der Waals surface area contributed by atoms with Crippen LogP contribution in [0.4, 0.5) is 5.69 Å². The molecule has 2 N–H and O–H groups in total. The molecular weight excluding hydrogens is 394 g/mol. The highest BCUT2D eigenvalue weighted by molar-refractivity contribution is 9.10. The fourth-order valence-electron chi connectivity index (χ4n) is 1.94. The molecule has 0 spiro atoms. The van der Waals surface area contributed by atoms with E-state index in [4.69, 9.17) is 4.74 Å². The van der Waals surface area contributed by atoms with E-state index in [1.54, 1.807) is 24.3 Å². The van der Waals surface area contributed by atoms with E-state index in [0.29, 0.717) is 22.4 Å². The standard InChI is InChI=1S/C16H14BrN3O5/c1-2-25-13-5-3-10(4-6-13)16(22)19-18-9-11-7-12(17)8-14(15(11)21)20(23)24/h3-9,21H,2H2,1H3,(H,19,22)/b18-9+. The van der Waals surface area contributed by atoms with Crippen LogP contribution in [0, 0.1) is 10.1 Å². The Morgan fingerprint density at radius 2 is 2.08 bits per heavy atom. The molecule has 0 fully saturated rings. The second kappa shape index (κ2) is 8.25. The molecule has 0 atom stereocenters. The molecular formula is C16H14BrN3O5. The molecule has 0 aliphatic carbocycles. The fraction of sp³-hybridized carbons (Fsp3) is 0.125. The molecule has 0 unspecified atom stereocenters. The molecule has 0 saturated heterocycles. The molecule has 0 saturated carbocycles. The normalized spacial score (nSPS) is 10.6. The topological polar surface area (TPSA) is 114 Å². The van der Waals surface area contributed by atoms with Crippen molar-refractivity contribution in [3.05, 3.63) is 62.1 Å². The number of amides is 1. The molecule has 0 aliphatic heterocycles. The first-order valence-electron chi connectivity index (χ1n) is 7.15. The van der Waals surface area contributed by atoms with Gasteiger partial charge >= 0.3 is 5.69 Å². The van der Waals surface area contributed by atoms with Crippen LogP contribution in [0.3, 0.4) is 0 Å². The number of phenols is 1. The predicted octanol–water partition coefficient (Wildman–Crippen LogP) is 3.23. The van der Waals surface area contributed by atoms with Crippen molar-refractivity contribution >= 4 is 33.7 Å². The van der Waals surface area contributed by atoms with Gasteiger partial charge in [0.1, 0.15) is 5.75 Å². The number of hydrogen-bond donors (Lipinski definition) is 2. The Bertz CT molecular complexity index is 821. The average Bonchev–Trinajstić information content (AvgIpc) is 2.58. The summed E-state index contributed by atoms with van der Waals surface area (Å²) < 4.78 is 5.69. The molecule has 9 heteroatoms. The molecule has 1 amide bonds. The molecule has 8 nitrogen and oxygen atoms in total. The molecule has 25 heavy (non-hydrogen) atoms. The summed E-state index contributed by atoms with van der Waals surface area (Å²) in [5, 5.41) is 24.5. The molecule has 2 aromatic rings. The third-order valence-electron chi connectivity index (χ3n) is 3.08. The number of benzene rings is 2. The largest absolute Gasteiger partial charge is 0.502 e. The second-order valence-corrected chi connectivity index (χ2v) is 5.69. The highest BCUT2D eigenvalue weighted by atomic mass is 79.9. The summed E-state index contributed by atoms with van der Waals surface area (Å²) >= 11 is 3.12. The van der Waals surface area contributed by atoms with Crippen LogP contribution in [-0.2, 0) is 0 Å². The Morgan fingerprint density at radius 1 is 1.40 bits per heavy atom. The van der Waals surface area contributed by atoms with Gasteiger partial charge in [-0.3, -0.25) is 14.9 Å². The number of hydrogen-bond acceptors (Lipinski definition) is 6. The fourth-order valence-corrected chi connectivity index (χ4v) is 2.40. The van der Waals surface area contributed by atoms with Crippen molar-refractivity contribution < 1.29 is 19.6 Å². The lowest BCUT2D eigenvalue weighted by molar-refractivity contribution is -0.385. The maximum atomic E-state index is 12.0. The predicted molar refractivity (Wildman–Crippen MR) is 95.1 cm³/mol. The summed E-state index contributed by atoms with van der Waals surface area (Å²) in [5.41, 5.74) is 2.28. The number of halogens is 1. The lowest BCUT2D eigenvalue weighted by atomic mass is 10.2. The van der Waals surface area contributed by atoms with Crippen molar-refractivity contribution in [2.24, 2.45) is 5.10 Å². The van der Waals surface area contributed by atoms with Gasteiger partial charge in [0.2, 0.25) is 5.75 Å². The van der Waals surface area contributed by atoms with E-state index in [0.717, 1.165) is 6.21 Å². The SMILES string of the molecule is CCOc1ccc(C(=O)N/N=C/c2cc(Br)cc([N+](=O)[O-])c2O)cc1. The summed E-state index contributed by atoms with van der Waals surface area (Å²) in [7, 11) is 0. The van der Waals surface area contributed by atoms with Crippen LogP contribution in [0.1, 0.15) is 22.8 Å². The number of nitro benzene ring substituents is 1. The van der Waals surface area contributed by atoms with Gasteiger partial charge in [-0.05, 0) is 37.3 Å². The molecule has 0 radical (unpaired) electrons. The van der Waals surface area contributed by atoms with E-state index in [-0.39, 0.29) is 5.56 Å². The van der Waals surface area contributed by atoms with Gasteiger partial charge in [0.25, 0.3) is 5.91 Å². The highest BCUT2D eigenvalue weighted by Crippen LogP contribution is 2.32. The van der Waals surface area contributed by atoms with E-state index in [2.05, 4.69) is 26.5 Å². The van der Waals surface area contributed by atoms with Crippen LogP contribution >= 0.6 is 15.9 Å². The van der Waals surface area contributed by atoms with Gasteiger partial charge in [-0.1, -0.05) is 15.9 Å². The van der Waals surface area contributed by atoms with E-state index in [1.807, 2.05) is 6.92 Å². The number of carbonyl (C=O) groups excluding carboxylic acids is 1. The van der Waals surface area contributed by atoms with Gasteiger partial charge < -0.3 is 9.84 Å². The number of ether oxygens (including phenoxy) is 1. The Balaban J connectivity index is 2.10. The first-order valence-corrected chi connectivity index (χ1v) is 7.94. The van der Waals surface area contributed by atoms with Crippen molar-refractivity contribution in [2.45, 2.75) is 6.92 Å². The minimum atomic E-state index is -0.712. The monoisotopic (exact) mass is 407 g/mol. The van der Waals surface area contributed by atoms with Gasteiger partial charge in [-0.15, -0.1) is 0 Å². The van der Waals surface area contributed by atoms with Gasteiger partial charge in [0, 0.05) is 21.7 Å². The minimum Gasteiger partial charge on any atom is -0.502 e. The van der Waals surface area contributed by atoms with Gasteiger partial charge in [0.15, 0.2) is 0 Å². The van der Waals surface area contributed by atoms with Crippen LogP contribution in [-0.4, -0.2) is 28.8 Å². The molecule has 0 heterocycles. The summed E-state index contributed by atoms with van der Waals surface area (Å²) in [6.45, 7) is 2.38. The number of phenolic OH excluding ortho intramolecular Hbond substituents is 1. The quantitative estimate of drug-likeness (QED) is 0.433. The number of rotatable bonds is 6. The van der Waals surface area contributed by atoms with E-state index < -0.39 is 22.3 Å². The third-order valence-corrected chi connectivity index (χ3v) is 3.54. The van der Waals surface area contributed by atoms with Crippen molar-refractivity contribution in [2.75, 3.05) is 6.61 Å². The number of carbonyl (C=O) groups is 1. The molecule has 0 aromatic heterocycles. The van der Waals surface area contributed by atoms with Crippen LogP contribution in [0.2, 0.25) is 0 Å². The van der Waals surface area contributed by atoms with Crippen molar-refractivity contribution in [3.8, 4) is 11.5 Å². The van der Waals surface area contributed by atoms with Gasteiger partial charge in [-0.25, -0.2) is 5.43 Å². The Hall–Kier alpha value is -2.94. The van der Waals surface area contributed by atoms with Gasteiger partial charge in [0.05, 0.1) is 17.7 Å². The first-order chi connectivity index (χ1) is 11.9. The lowest BCUT2D eigenvalue weighted by Gasteiger charge is -2.04. The minimum absolute atomic E-state index is 0.0908. The van der Waals surface area contributed by atoms with E-state index >= 15 is 0 Å². The van der Waals surface area contributed by atoms with Crippen LogP contribution < -0.4 is 10.2 Å². The molecule has 0 aliphatic rings. The zero-order valence-corrected chi connectivity index (χ0v) is 14.7. The number of hydrazone groups is 1. The first kappa shape index (κ1) is 18.4. The molecule has 0 bridgehead atoms. The summed E-state index contributed by atoms with van der Waals surface area (Å²) in [6.07, 6.45) is 1.12. The van der Waals surface area contributed by atoms with E-state index in [1.165, 1.54) is 12.1 Å². The number of nitro groups is 1. The van der Waals surface area contributed by atoms with Crippen molar-refractivity contribution in [1.82, 2.24) is 5.43 Å². The van der Waals surface area contributed by atoms with Crippen LogP contribution in [0.25, 0.3) is 0 Å². The van der Waals surface area contributed by atoms with Crippen LogP contribution in [0.15, 0.2) is 46.0 Å². The third kappa shape index (κ3) is 4.77. The summed E-state index contributed by atoms with van der Waals surface area (Å²) in [6, 6.07) is 9.09. The van der Waals surface area contributed by atoms with Crippen molar-refractivity contribution in [3.63, 3.8) is 0 Å². The maximum Gasteiger partial charge on any atom is 0.312 e. The zero-order chi connectivity index (χ0) is 18.4. The number of nitrogens with zero attached hydrogens (tertiary/aromatic N) is 2. The summed E-state index contributed by atoms with van der Waals surface area (Å²) in [4.78, 5) is 22.1. The second-order valence-electron chi connectivity index (χ2n) is 4.78. The van der Waals surface area contributed by atoms with Crippen molar-refractivity contribution in [1.29, 1.82) is 0 Å². The van der Waals surface area contributed by atoms with Crippen LogP contribution in [0.5, 0.6) is 11.5 Å². The Labute approximate surface area is 151 Å². The Kier molecular flexibility index (Phi) is 6.07. The smallest absolute Gasteiger partial charge is 0.312 e. The zero-order valence-electron chi connectivity index (χ0n) is 13.1. The number of aromatic hydroxyl groups is 1. The average molecular weight is 408 g/mol. The summed E-state index contributed by atoms with van der Waals surface area (Å²) in [5.74, 6) is -0.357. The molecule has 2 aromatic carbocycles. The molecule has 130 valence electrons. The Morgan fingerprint density at radius 3 is 2.68 bits per heavy atom. The van der Waals surface area contributed by atoms with E-state index in [9.17, 15) is 20.0 Å². The maximum absolute atomic E-state index is 12.0. The number of nitrogens with one attached hydrogen (secondary N) is 1. The highest BCUT2D eigenvalue weighted by Gasteiger charge is 2.17.